The minimum Gasteiger partial charge on any atom is -0.310 e. The minimum absolute atomic E-state index is 0.239. The molecule has 0 fully saturated rings. The Kier molecular flexibility index (Phi) is 5.43. The van der Waals surface area contributed by atoms with Crippen molar-refractivity contribution in [1.82, 2.24) is 15.1 Å². The molecule has 114 valence electrons. The van der Waals surface area contributed by atoms with Crippen LogP contribution in [0, 0.1) is 6.92 Å². The van der Waals surface area contributed by atoms with Gasteiger partial charge in [0.25, 0.3) is 0 Å². The lowest BCUT2D eigenvalue weighted by atomic mass is 10.0. The van der Waals surface area contributed by atoms with Crippen molar-refractivity contribution in [3.05, 3.63) is 52.3 Å². The Hall–Kier alpha value is -1.32. The van der Waals surface area contributed by atoms with E-state index in [9.17, 15) is 0 Å². The summed E-state index contributed by atoms with van der Waals surface area (Å²) < 4.78 is 2.00. The van der Waals surface area contributed by atoms with E-state index in [0.717, 1.165) is 29.2 Å². The summed E-state index contributed by atoms with van der Waals surface area (Å²) in [6.07, 6.45) is 2.91. The maximum absolute atomic E-state index is 6.26. The molecule has 0 spiro atoms. The SMILES string of the molecule is CCNC(Cc1ccn(C(C)C)n1)c1ccc(C)c(Cl)c1. The Morgan fingerprint density at radius 2 is 2.05 bits per heavy atom. The van der Waals surface area contributed by atoms with Crippen LogP contribution in [0.1, 0.15) is 49.7 Å². The molecule has 0 saturated heterocycles. The molecule has 1 N–H and O–H groups in total. The van der Waals surface area contributed by atoms with Crippen LogP contribution in [0.4, 0.5) is 0 Å². The van der Waals surface area contributed by atoms with Gasteiger partial charge in [0.1, 0.15) is 0 Å². The second kappa shape index (κ2) is 7.10. The predicted octanol–water partition coefficient (Wildman–Crippen LogP) is 4.32. The fourth-order valence-electron chi connectivity index (χ4n) is 2.36. The summed E-state index contributed by atoms with van der Waals surface area (Å²) in [5.41, 5.74) is 3.43. The highest BCUT2D eigenvalue weighted by Gasteiger charge is 2.14. The number of benzene rings is 1. The van der Waals surface area contributed by atoms with E-state index in [1.807, 2.05) is 17.8 Å². The zero-order valence-electron chi connectivity index (χ0n) is 13.2. The van der Waals surface area contributed by atoms with Crippen molar-refractivity contribution in [3.8, 4) is 0 Å². The monoisotopic (exact) mass is 305 g/mol. The summed E-state index contributed by atoms with van der Waals surface area (Å²) in [5.74, 6) is 0. The smallest absolute Gasteiger partial charge is 0.0643 e. The average Bonchev–Trinajstić information content (AvgIpc) is 2.90. The van der Waals surface area contributed by atoms with E-state index >= 15 is 0 Å². The molecule has 1 aromatic heterocycles. The molecule has 0 amide bonds. The van der Waals surface area contributed by atoms with Crippen molar-refractivity contribution in [2.75, 3.05) is 6.54 Å². The van der Waals surface area contributed by atoms with E-state index in [-0.39, 0.29) is 6.04 Å². The summed E-state index contributed by atoms with van der Waals surface area (Å²) in [7, 11) is 0. The molecule has 1 unspecified atom stereocenters. The van der Waals surface area contributed by atoms with E-state index in [0.29, 0.717) is 6.04 Å². The number of halogens is 1. The molecule has 1 aromatic carbocycles. The molecular weight excluding hydrogens is 282 g/mol. The normalized spacial score (nSPS) is 12.9. The van der Waals surface area contributed by atoms with Crippen LogP contribution in [0.15, 0.2) is 30.5 Å². The van der Waals surface area contributed by atoms with E-state index in [4.69, 9.17) is 11.6 Å². The quantitative estimate of drug-likeness (QED) is 0.861. The van der Waals surface area contributed by atoms with Crippen LogP contribution in [-0.2, 0) is 6.42 Å². The third-order valence-corrected chi connectivity index (χ3v) is 4.06. The molecule has 0 aliphatic heterocycles. The van der Waals surface area contributed by atoms with Crippen molar-refractivity contribution in [2.24, 2.45) is 0 Å². The number of aromatic nitrogens is 2. The zero-order chi connectivity index (χ0) is 15.4. The van der Waals surface area contributed by atoms with Crippen molar-refractivity contribution in [2.45, 2.75) is 46.2 Å². The molecule has 0 radical (unpaired) electrons. The lowest BCUT2D eigenvalue weighted by Crippen LogP contribution is -2.23. The van der Waals surface area contributed by atoms with Crippen LogP contribution in [-0.4, -0.2) is 16.3 Å². The van der Waals surface area contributed by atoms with Crippen LogP contribution >= 0.6 is 11.6 Å². The molecular formula is C17H24ClN3. The van der Waals surface area contributed by atoms with Gasteiger partial charge in [0.2, 0.25) is 0 Å². The zero-order valence-corrected chi connectivity index (χ0v) is 14.0. The molecule has 0 saturated carbocycles. The first-order valence-corrected chi connectivity index (χ1v) is 7.92. The standard InChI is InChI=1S/C17H24ClN3/c1-5-19-17(14-7-6-13(4)16(18)10-14)11-15-8-9-21(20-15)12(2)3/h6-10,12,17,19H,5,11H2,1-4H3. The van der Waals surface area contributed by atoms with E-state index in [1.54, 1.807) is 0 Å². The highest BCUT2D eigenvalue weighted by molar-refractivity contribution is 6.31. The fraction of sp³-hybridized carbons (Fsp3) is 0.471. The second-order valence-corrected chi connectivity index (χ2v) is 6.11. The summed E-state index contributed by atoms with van der Waals surface area (Å²) in [5, 5.41) is 8.99. The van der Waals surface area contributed by atoms with Gasteiger partial charge in [0, 0.05) is 29.7 Å². The van der Waals surface area contributed by atoms with Gasteiger partial charge >= 0.3 is 0 Å². The lowest BCUT2D eigenvalue weighted by molar-refractivity contribution is 0.506. The predicted molar refractivity (Wildman–Crippen MR) is 88.9 cm³/mol. The average molecular weight is 306 g/mol. The van der Waals surface area contributed by atoms with E-state index < -0.39 is 0 Å². The number of hydrogen-bond donors (Lipinski definition) is 1. The highest BCUT2D eigenvalue weighted by Crippen LogP contribution is 2.24. The number of hydrogen-bond acceptors (Lipinski definition) is 2. The molecule has 0 aliphatic rings. The largest absolute Gasteiger partial charge is 0.310 e. The molecule has 2 aromatic rings. The second-order valence-electron chi connectivity index (χ2n) is 5.70. The molecule has 1 atom stereocenters. The Balaban J connectivity index is 2.19. The van der Waals surface area contributed by atoms with Crippen LogP contribution in [0.5, 0.6) is 0 Å². The summed E-state index contributed by atoms with van der Waals surface area (Å²) in [6, 6.07) is 9.01. The van der Waals surface area contributed by atoms with Gasteiger partial charge in [-0.15, -0.1) is 0 Å². The number of rotatable bonds is 6. The molecule has 3 nitrogen and oxygen atoms in total. The van der Waals surface area contributed by atoms with Gasteiger partial charge in [-0.1, -0.05) is 30.7 Å². The minimum atomic E-state index is 0.239. The molecule has 2 rings (SSSR count). The van der Waals surface area contributed by atoms with Gasteiger partial charge in [0.05, 0.1) is 5.69 Å². The first kappa shape index (κ1) is 16.1. The van der Waals surface area contributed by atoms with Crippen LogP contribution < -0.4 is 5.32 Å². The number of likely N-dealkylation sites (N-methyl/N-ethyl adjacent to an activating group) is 1. The van der Waals surface area contributed by atoms with Gasteiger partial charge in [-0.25, -0.2) is 0 Å². The Bertz CT molecular complexity index is 589. The topological polar surface area (TPSA) is 29.9 Å². The Morgan fingerprint density at radius 3 is 2.62 bits per heavy atom. The van der Waals surface area contributed by atoms with E-state index in [1.165, 1.54) is 5.56 Å². The van der Waals surface area contributed by atoms with Crippen LogP contribution in [0.3, 0.4) is 0 Å². The third-order valence-electron chi connectivity index (χ3n) is 3.65. The molecule has 4 heteroatoms. The summed E-state index contributed by atoms with van der Waals surface area (Å²) in [6.45, 7) is 9.34. The molecule has 0 aliphatic carbocycles. The Morgan fingerprint density at radius 1 is 1.29 bits per heavy atom. The summed E-state index contributed by atoms with van der Waals surface area (Å²) >= 11 is 6.26. The highest BCUT2D eigenvalue weighted by atomic mass is 35.5. The van der Waals surface area contributed by atoms with Gasteiger partial charge < -0.3 is 5.32 Å². The maximum atomic E-state index is 6.26. The van der Waals surface area contributed by atoms with Crippen molar-refractivity contribution in [1.29, 1.82) is 0 Å². The Labute approximate surface area is 132 Å². The molecule has 21 heavy (non-hydrogen) atoms. The first-order valence-electron chi connectivity index (χ1n) is 7.54. The van der Waals surface area contributed by atoms with Gasteiger partial charge in [-0.05, 0) is 50.6 Å². The van der Waals surface area contributed by atoms with E-state index in [2.05, 4.69) is 55.5 Å². The van der Waals surface area contributed by atoms with Crippen molar-refractivity contribution < 1.29 is 0 Å². The summed E-state index contributed by atoms with van der Waals surface area (Å²) in [4.78, 5) is 0. The fourth-order valence-corrected chi connectivity index (χ4v) is 2.55. The number of aryl methyl sites for hydroxylation is 1. The molecule has 0 bridgehead atoms. The maximum Gasteiger partial charge on any atom is 0.0643 e. The third kappa shape index (κ3) is 4.08. The molecule has 1 heterocycles. The number of nitrogens with zero attached hydrogens (tertiary/aromatic N) is 2. The lowest BCUT2D eigenvalue weighted by Gasteiger charge is -2.18. The van der Waals surface area contributed by atoms with Gasteiger partial charge in [0.15, 0.2) is 0 Å². The van der Waals surface area contributed by atoms with Crippen LogP contribution in [0.25, 0.3) is 0 Å². The van der Waals surface area contributed by atoms with Crippen molar-refractivity contribution in [3.63, 3.8) is 0 Å². The van der Waals surface area contributed by atoms with Gasteiger partial charge in [-0.3, -0.25) is 4.68 Å². The van der Waals surface area contributed by atoms with Crippen molar-refractivity contribution >= 4 is 11.6 Å². The number of nitrogens with one attached hydrogen (secondary N) is 1. The first-order chi connectivity index (χ1) is 10.0. The van der Waals surface area contributed by atoms with Crippen LogP contribution in [0.2, 0.25) is 5.02 Å². The van der Waals surface area contributed by atoms with Gasteiger partial charge in [-0.2, -0.15) is 5.10 Å².